The van der Waals surface area contributed by atoms with Crippen LogP contribution in [0, 0.1) is 5.92 Å². The maximum atomic E-state index is 4.78. The normalized spacial score (nSPS) is 22.5. The second kappa shape index (κ2) is 7.73. The highest BCUT2D eigenvalue weighted by Gasteiger charge is 2.22. The molecule has 1 heterocycles. The molecule has 1 aliphatic carbocycles. The predicted octanol–water partition coefficient (Wildman–Crippen LogP) is 1.83. The minimum atomic E-state index is 0.624. The Morgan fingerprint density at radius 3 is 2.53 bits per heavy atom. The molecule has 2 aliphatic rings. The largest absolute Gasteiger partial charge is 0.357 e. The van der Waals surface area contributed by atoms with Crippen LogP contribution in [0.2, 0.25) is 0 Å². The zero-order valence-electron chi connectivity index (χ0n) is 12.6. The Bertz CT molecular complexity index is 280. The van der Waals surface area contributed by atoms with Crippen molar-refractivity contribution in [2.45, 2.75) is 52.0 Å². The first kappa shape index (κ1) is 14.6. The van der Waals surface area contributed by atoms with Gasteiger partial charge in [0.25, 0.3) is 0 Å². The molecule has 0 bridgehead atoms. The molecule has 1 saturated heterocycles. The molecule has 1 unspecified atom stereocenters. The van der Waals surface area contributed by atoms with E-state index in [1.165, 1.54) is 45.2 Å². The van der Waals surface area contributed by atoms with Gasteiger partial charge < -0.3 is 10.6 Å². The molecule has 2 N–H and O–H groups in total. The van der Waals surface area contributed by atoms with Crippen molar-refractivity contribution in [3.05, 3.63) is 0 Å². The number of nitrogens with one attached hydrogen (secondary N) is 2. The zero-order chi connectivity index (χ0) is 13.5. The average Bonchev–Trinajstić information content (AvgIpc) is 3.10. The van der Waals surface area contributed by atoms with E-state index in [9.17, 15) is 0 Å². The maximum absolute atomic E-state index is 4.78. The molecule has 4 heteroatoms. The number of aliphatic imine (C=N–C) groups is 1. The van der Waals surface area contributed by atoms with E-state index in [0.29, 0.717) is 6.04 Å². The minimum absolute atomic E-state index is 0.624. The van der Waals surface area contributed by atoms with Crippen LogP contribution in [0.1, 0.15) is 46.0 Å². The van der Waals surface area contributed by atoms with Crippen LogP contribution in [-0.4, -0.2) is 49.6 Å². The Morgan fingerprint density at radius 1 is 1.21 bits per heavy atom. The first-order valence-electron chi connectivity index (χ1n) is 8.09. The van der Waals surface area contributed by atoms with Crippen molar-refractivity contribution in [2.75, 3.05) is 32.7 Å². The van der Waals surface area contributed by atoms with Crippen molar-refractivity contribution in [1.82, 2.24) is 15.5 Å². The van der Waals surface area contributed by atoms with Crippen molar-refractivity contribution in [1.29, 1.82) is 0 Å². The third kappa shape index (κ3) is 5.01. The molecule has 1 aliphatic heterocycles. The van der Waals surface area contributed by atoms with Crippen molar-refractivity contribution in [3.63, 3.8) is 0 Å². The summed E-state index contributed by atoms with van der Waals surface area (Å²) in [5, 5.41) is 6.83. The highest BCUT2D eigenvalue weighted by Crippen LogP contribution is 2.27. The summed E-state index contributed by atoms with van der Waals surface area (Å²) in [7, 11) is 0. The number of hydrogen-bond acceptors (Lipinski definition) is 2. The molecule has 2 rings (SSSR count). The van der Waals surface area contributed by atoms with Crippen LogP contribution in [0.25, 0.3) is 0 Å². The monoisotopic (exact) mass is 266 g/mol. The molecule has 0 aromatic carbocycles. The molecule has 1 saturated carbocycles. The summed E-state index contributed by atoms with van der Waals surface area (Å²) in [4.78, 5) is 7.39. The van der Waals surface area contributed by atoms with E-state index >= 15 is 0 Å². The van der Waals surface area contributed by atoms with Gasteiger partial charge in [-0.3, -0.25) is 9.89 Å². The Hall–Kier alpha value is -0.770. The first-order chi connectivity index (χ1) is 9.33. The van der Waals surface area contributed by atoms with Gasteiger partial charge in [0, 0.05) is 19.1 Å². The van der Waals surface area contributed by atoms with Gasteiger partial charge in [-0.05, 0) is 58.0 Å². The lowest BCUT2D eigenvalue weighted by molar-refractivity contribution is 0.242. The van der Waals surface area contributed by atoms with Crippen molar-refractivity contribution in [3.8, 4) is 0 Å². The van der Waals surface area contributed by atoms with Crippen molar-refractivity contribution in [2.24, 2.45) is 10.9 Å². The Labute approximate surface area is 118 Å². The van der Waals surface area contributed by atoms with Gasteiger partial charge in [-0.1, -0.05) is 6.92 Å². The topological polar surface area (TPSA) is 39.7 Å². The van der Waals surface area contributed by atoms with Gasteiger partial charge in [0.2, 0.25) is 0 Å². The second-order valence-corrected chi connectivity index (χ2v) is 5.85. The lowest BCUT2D eigenvalue weighted by atomic mass is 10.2. The zero-order valence-corrected chi connectivity index (χ0v) is 12.6. The summed E-state index contributed by atoms with van der Waals surface area (Å²) in [5.41, 5.74) is 0. The number of likely N-dealkylation sites (tertiary alicyclic amines) is 1. The molecule has 4 nitrogen and oxygen atoms in total. The van der Waals surface area contributed by atoms with E-state index in [4.69, 9.17) is 4.99 Å². The van der Waals surface area contributed by atoms with Gasteiger partial charge >= 0.3 is 0 Å². The van der Waals surface area contributed by atoms with E-state index < -0.39 is 0 Å². The summed E-state index contributed by atoms with van der Waals surface area (Å²) in [6.07, 6.45) is 6.70. The lowest BCUT2D eigenvalue weighted by Gasteiger charge is -2.25. The van der Waals surface area contributed by atoms with E-state index in [-0.39, 0.29) is 0 Å². The summed E-state index contributed by atoms with van der Waals surface area (Å²) in [5.74, 6) is 1.90. The van der Waals surface area contributed by atoms with Crippen LogP contribution in [0.5, 0.6) is 0 Å². The number of hydrogen-bond donors (Lipinski definition) is 2. The summed E-state index contributed by atoms with van der Waals surface area (Å²) < 4.78 is 0. The number of rotatable bonds is 7. The fourth-order valence-electron chi connectivity index (χ4n) is 2.71. The van der Waals surface area contributed by atoms with Crippen LogP contribution in [0.4, 0.5) is 0 Å². The first-order valence-corrected chi connectivity index (χ1v) is 8.09. The Kier molecular flexibility index (Phi) is 5.95. The minimum Gasteiger partial charge on any atom is -0.357 e. The van der Waals surface area contributed by atoms with Gasteiger partial charge in [-0.2, -0.15) is 0 Å². The Balaban J connectivity index is 1.79. The van der Waals surface area contributed by atoms with Crippen molar-refractivity contribution >= 4 is 5.96 Å². The maximum Gasteiger partial charge on any atom is 0.191 e. The molecule has 110 valence electrons. The van der Waals surface area contributed by atoms with Gasteiger partial charge in [-0.25, -0.2) is 0 Å². The standard InChI is InChI=1S/C15H30N4/c1-3-14(19-9-5-6-10-19)12-18-15(16-4-2)17-11-13-7-8-13/h13-14H,3-12H2,1-2H3,(H2,16,17,18). The molecule has 0 aromatic heterocycles. The second-order valence-electron chi connectivity index (χ2n) is 5.85. The molecule has 0 amide bonds. The highest BCUT2D eigenvalue weighted by molar-refractivity contribution is 5.79. The van der Waals surface area contributed by atoms with E-state index in [1.54, 1.807) is 0 Å². The SMILES string of the molecule is CCNC(=NCC(CC)N1CCCC1)NCC1CC1. The van der Waals surface area contributed by atoms with Crippen LogP contribution < -0.4 is 10.6 Å². The number of nitrogens with zero attached hydrogens (tertiary/aromatic N) is 2. The molecule has 19 heavy (non-hydrogen) atoms. The average molecular weight is 266 g/mol. The van der Waals surface area contributed by atoms with Gasteiger partial charge in [-0.15, -0.1) is 0 Å². The molecule has 0 radical (unpaired) electrons. The fourth-order valence-corrected chi connectivity index (χ4v) is 2.71. The van der Waals surface area contributed by atoms with Gasteiger partial charge in [0.05, 0.1) is 6.54 Å². The number of guanidine groups is 1. The molecule has 0 spiro atoms. The fraction of sp³-hybridized carbons (Fsp3) is 0.933. The van der Waals surface area contributed by atoms with Gasteiger partial charge in [0.1, 0.15) is 0 Å². The highest BCUT2D eigenvalue weighted by atomic mass is 15.2. The van der Waals surface area contributed by atoms with Crippen molar-refractivity contribution < 1.29 is 0 Å². The summed E-state index contributed by atoms with van der Waals surface area (Å²) >= 11 is 0. The summed E-state index contributed by atoms with van der Waals surface area (Å²) in [6, 6.07) is 0.624. The van der Waals surface area contributed by atoms with E-state index in [0.717, 1.165) is 31.5 Å². The van der Waals surface area contributed by atoms with Crippen LogP contribution in [0.3, 0.4) is 0 Å². The quantitative estimate of drug-likeness (QED) is 0.545. The lowest BCUT2D eigenvalue weighted by Crippen LogP contribution is -2.40. The molecular weight excluding hydrogens is 236 g/mol. The molecule has 2 fully saturated rings. The van der Waals surface area contributed by atoms with Crippen LogP contribution in [0.15, 0.2) is 4.99 Å². The smallest absolute Gasteiger partial charge is 0.191 e. The Morgan fingerprint density at radius 2 is 1.95 bits per heavy atom. The summed E-state index contributed by atoms with van der Waals surface area (Å²) in [6.45, 7) is 9.90. The predicted molar refractivity (Wildman–Crippen MR) is 81.6 cm³/mol. The molecule has 1 atom stereocenters. The van der Waals surface area contributed by atoms with Gasteiger partial charge in [0.15, 0.2) is 5.96 Å². The van der Waals surface area contributed by atoms with Crippen LogP contribution in [-0.2, 0) is 0 Å². The third-order valence-corrected chi connectivity index (χ3v) is 4.19. The van der Waals surface area contributed by atoms with Crippen LogP contribution >= 0.6 is 0 Å². The molecule has 0 aromatic rings. The van der Waals surface area contributed by atoms with E-state index in [1.807, 2.05) is 0 Å². The third-order valence-electron chi connectivity index (χ3n) is 4.19. The molecular formula is C15H30N4. The van der Waals surface area contributed by atoms with E-state index in [2.05, 4.69) is 29.4 Å².